The lowest BCUT2D eigenvalue weighted by Gasteiger charge is -2.19. The van der Waals surface area contributed by atoms with Gasteiger partial charge in [-0.2, -0.15) is 0 Å². The van der Waals surface area contributed by atoms with Gasteiger partial charge in [0.1, 0.15) is 11.2 Å². The van der Waals surface area contributed by atoms with Crippen molar-refractivity contribution in [2.24, 2.45) is 0 Å². The number of benzene rings is 9. The molecule has 1 heteroatoms. The van der Waals surface area contributed by atoms with Crippen molar-refractivity contribution in [2.45, 2.75) is 0 Å². The molecule has 0 saturated carbocycles. The van der Waals surface area contributed by atoms with Gasteiger partial charge in [0.05, 0.1) is 11.0 Å². The molecule has 218 valence electrons. The molecule has 1 nitrogen and oxygen atoms in total. The maximum atomic E-state index is 9.43. The van der Waals surface area contributed by atoms with E-state index in [0.717, 1.165) is 43.4 Å². The van der Waals surface area contributed by atoms with Gasteiger partial charge in [-0.3, -0.25) is 0 Å². The Kier molecular flexibility index (Phi) is 4.19. The van der Waals surface area contributed by atoms with Crippen LogP contribution >= 0.6 is 0 Å². The number of furan rings is 1. The van der Waals surface area contributed by atoms with Crippen LogP contribution in [0.2, 0.25) is 0 Å². The molecule has 0 amide bonds. The van der Waals surface area contributed by atoms with Crippen molar-refractivity contribution >= 4 is 65.0 Å². The SMILES string of the molecule is [2H]c1c([2H])c([2H])c2c(-c3ccc(-c4ccccc4)c4ccccc34)c3c([2H])c([2H])c([2H])c([2H])c3c(-c3ccc4c(c3)oc3cc5ccccc5cc34)c2c1[2H]. The fourth-order valence-electron chi connectivity index (χ4n) is 7.19. The van der Waals surface area contributed by atoms with Crippen molar-refractivity contribution in [3.05, 3.63) is 170 Å². The zero-order valence-corrected chi connectivity index (χ0v) is 25.0. The average Bonchev–Trinajstić information content (AvgIpc) is 3.57. The third kappa shape index (κ3) is 3.97. The molecule has 0 spiro atoms. The fourth-order valence-corrected chi connectivity index (χ4v) is 7.19. The highest BCUT2D eigenvalue weighted by Crippen LogP contribution is 2.47. The number of rotatable bonds is 3. The molecular weight excluding hydrogens is 569 g/mol. The minimum Gasteiger partial charge on any atom is -0.456 e. The summed E-state index contributed by atoms with van der Waals surface area (Å²) in [6.07, 6.45) is 0. The van der Waals surface area contributed by atoms with E-state index in [1.165, 1.54) is 0 Å². The molecular formula is C46H28O. The molecule has 0 saturated heterocycles. The third-order valence-electron chi connectivity index (χ3n) is 9.28. The lowest BCUT2D eigenvalue weighted by atomic mass is 9.83. The molecule has 10 rings (SSSR count). The zero-order chi connectivity index (χ0) is 37.9. The maximum Gasteiger partial charge on any atom is 0.136 e. The Bertz CT molecular complexity index is 3220. The second-order valence-electron chi connectivity index (χ2n) is 11.8. The largest absolute Gasteiger partial charge is 0.456 e. The summed E-state index contributed by atoms with van der Waals surface area (Å²) < 4.78 is 79.5. The minimum atomic E-state index is -0.439. The van der Waals surface area contributed by atoms with E-state index < -0.39 is 24.2 Å². The van der Waals surface area contributed by atoms with Crippen LogP contribution in [0.3, 0.4) is 0 Å². The lowest BCUT2D eigenvalue weighted by Crippen LogP contribution is -1.92. The van der Waals surface area contributed by atoms with Crippen LogP contribution in [-0.4, -0.2) is 0 Å². The first kappa shape index (κ1) is 19.4. The quantitative estimate of drug-likeness (QED) is 0.183. The van der Waals surface area contributed by atoms with E-state index in [4.69, 9.17) is 9.90 Å². The second-order valence-corrected chi connectivity index (χ2v) is 11.8. The van der Waals surface area contributed by atoms with Crippen molar-refractivity contribution in [1.82, 2.24) is 0 Å². The van der Waals surface area contributed by atoms with Crippen molar-refractivity contribution < 1.29 is 15.4 Å². The minimum absolute atomic E-state index is 0.163. The van der Waals surface area contributed by atoms with Crippen LogP contribution in [0.15, 0.2) is 174 Å². The van der Waals surface area contributed by atoms with Crippen LogP contribution in [0.1, 0.15) is 11.0 Å². The summed E-state index contributed by atoms with van der Waals surface area (Å²) in [4.78, 5) is 0. The fraction of sp³-hybridized carbons (Fsp3) is 0. The Morgan fingerprint density at radius 1 is 0.362 bits per heavy atom. The molecule has 9 aromatic carbocycles. The van der Waals surface area contributed by atoms with Gasteiger partial charge >= 0.3 is 0 Å². The van der Waals surface area contributed by atoms with Crippen LogP contribution in [-0.2, 0) is 0 Å². The normalized spacial score (nSPS) is 14.2. The van der Waals surface area contributed by atoms with Gasteiger partial charge < -0.3 is 4.42 Å². The Morgan fingerprint density at radius 2 is 0.915 bits per heavy atom. The second kappa shape index (κ2) is 10.2. The number of hydrogen-bond acceptors (Lipinski definition) is 1. The summed E-state index contributed by atoms with van der Waals surface area (Å²) in [6, 6.07) is 36.3. The Labute approximate surface area is 283 Å². The highest BCUT2D eigenvalue weighted by molar-refractivity contribution is 6.24. The average molecular weight is 605 g/mol. The molecule has 0 fully saturated rings. The van der Waals surface area contributed by atoms with Crippen LogP contribution in [0, 0.1) is 0 Å². The van der Waals surface area contributed by atoms with Gasteiger partial charge in [-0.05, 0) is 101 Å². The number of fused-ring (bicyclic) bond motifs is 7. The molecule has 0 radical (unpaired) electrons. The van der Waals surface area contributed by atoms with Crippen LogP contribution < -0.4 is 0 Å². The van der Waals surface area contributed by atoms with Crippen LogP contribution in [0.4, 0.5) is 0 Å². The Balaban J connectivity index is 1.39. The summed E-state index contributed by atoms with van der Waals surface area (Å²) >= 11 is 0. The lowest BCUT2D eigenvalue weighted by molar-refractivity contribution is 0.669. The highest BCUT2D eigenvalue weighted by Gasteiger charge is 2.20. The van der Waals surface area contributed by atoms with E-state index in [-0.39, 0.29) is 51.3 Å². The molecule has 0 atom stereocenters. The molecule has 0 aliphatic heterocycles. The van der Waals surface area contributed by atoms with Gasteiger partial charge in [0.25, 0.3) is 0 Å². The van der Waals surface area contributed by atoms with Crippen molar-refractivity contribution in [1.29, 1.82) is 0 Å². The standard InChI is InChI=1S/C46H28O/c1-2-12-29(13-3-1)33-24-25-41(35-17-7-6-16-34(33)35)46-39-20-10-8-18-37(39)45(38-19-9-11-21-40(38)46)32-22-23-36-42-26-30-14-4-5-15-31(30)27-44(42)47-43(36)28-32/h1-28H/i8D,9D,10D,11D,18D,19D,20D,21D. The van der Waals surface area contributed by atoms with E-state index >= 15 is 0 Å². The first-order valence-corrected chi connectivity index (χ1v) is 15.5. The molecule has 0 aliphatic carbocycles. The predicted octanol–water partition coefficient (Wildman–Crippen LogP) is 13.2. The maximum absolute atomic E-state index is 9.43. The summed E-state index contributed by atoms with van der Waals surface area (Å²) in [5.41, 5.74) is 4.87. The summed E-state index contributed by atoms with van der Waals surface area (Å²) in [5.74, 6) is 0. The first-order valence-electron chi connectivity index (χ1n) is 19.5. The molecule has 1 heterocycles. The molecule has 10 aromatic rings. The highest BCUT2D eigenvalue weighted by atomic mass is 16.3. The molecule has 0 aliphatic rings. The van der Waals surface area contributed by atoms with Gasteiger partial charge in [0, 0.05) is 10.8 Å². The van der Waals surface area contributed by atoms with E-state index in [9.17, 15) is 5.48 Å². The Morgan fingerprint density at radius 3 is 1.62 bits per heavy atom. The van der Waals surface area contributed by atoms with Crippen molar-refractivity contribution in [3.63, 3.8) is 0 Å². The Hall–Kier alpha value is -6.18. The van der Waals surface area contributed by atoms with Crippen molar-refractivity contribution in [2.75, 3.05) is 0 Å². The molecule has 47 heavy (non-hydrogen) atoms. The predicted molar refractivity (Wildman–Crippen MR) is 200 cm³/mol. The zero-order valence-electron chi connectivity index (χ0n) is 33.0. The van der Waals surface area contributed by atoms with Gasteiger partial charge in [0.15, 0.2) is 0 Å². The molecule has 1 aromatic heterocycles. The monoisotopic (exact) mass is 604 g/mol. The van der Waals surface area contributed by atoms with E-state index in [1.54, 1.807) is 6.07 Å². The van der Waals surface area contributed by atoms with E-state index in [1.807, 2.05) is 109 Å². The van der Waals surface area contributed by atoms with Crippen LogP contribution in [0.5, 0.6) is 0 Å². The van der Waals surface area contributed by atoms with Crippen LogP contribution in [0.25, 0.3) is 98.4 Å². The molecule has 0 bridgehead atoms. The van der Waals surface area contributed by atoms with Crippen molar-refractivity contribution in [3.8, 4) is 33.4 Å². The summed E-state index contributed by atoms with van der Waals surface area (Å²) in [6.45, 7) is 0. The summed E-state index contributed by atoms with van der Waals surface area (Å²) in [7, 11) is 0. The van der Waals surface area contributed by atoms with Gasteiger partial charge in [-0.15, -0.1) is 0 Å². The van der Waals surface area contributed by atoms with E-state index in [2.05, 4.69) is 6.07 Å². The summed E-state index contributed by atoms with van der Waals surface area (Å²) in [5, 5.41) is 6.19. The van der Waals surface area contributed by atoms with Gasteiger partial charge in [-0.1, -0.05) is 145 Å². The van der Waals surface area contributed by atoms with E-state index in [0.29, 0.717) is 27.9 Å². The van der Waals surface area contributed by atoms with Gasteiger partial charge in [-0.25, -0.2) is 0 Å². The number of hydrogen-bond donors (Lipinski definition) is 0. The van der Waals surface area contributed by atoms with Gasteiger partial charge in [0.2, 0.25) is 0 Å². The molecule has 0 N–H and O–H groups in total. The molecule has 0 unspecified atom stereocenters. The first-order chi connectivity index (χ1) is 26.6. The third-order valence-corrected chi connectivity index (χ3v) is 9.28. The smallest absolute Gasteiger partial charge is 0.136 e. The topological polar surface area (TPSA) is 13.1 Å².